The van der Waals surface area contributed by atoms with Crippen LogP contribution in [0.5, 0.6) is 0 Å². The summed E-state index contributed by atoms with van der Waals surface area (Å²) >= 11 is 9.50. The van der Waals surface area contributed by atoms with E-state index in [0.29, 0.717) is 27.3 Å². The number of benzene rings is 2. The number of fused-ring (bicyclic) bond motifs is 1. The molecule has 0 unspecified atom stereocenters. The summed E-state index contributed by atoms with van der Waals surface area (Å²) in [4.78, 5) is 13.7. The van der Waals surface area contributed by atoms with Crippen LogP contribution in [0, 0.1) is 6.92 Å². The van der Waals surface area contributed by atoms with Crippen LogP contribution in [-0.2, 0) is 21.2 Å². The summed E-state index contributed by atoms with van der Waals surface area (Å²) in [5.41, 5.74) is 2.81. The highest BCUT2D eigenvalue weighted by atomic mass is 79.9. The lowest BCUT2D eigenvalue weighted by atomic mass is 10.1. The van der Waals surface area contributed by atoms with Crippen molar-refractivity contribution in [2.24, 2.45) is 0 Å². The number of hydrogen-bond donors (Lipinski definition) is 1. The maximum Gasteiger partial charge on any atom is 0.263 e. The first-order chi connectivity index (χ1) is 12.1. The average Bonchev–Trinajstić information content (AvgIpc) is 2.84. The van der Waals surface area contributed by atoms with E-state index < -0.39 is 10.0 Å². The molecular formula is C18H18BrClN2O3S. The van der Waals surface area contributed by atoms with Crippen molar-refractivity contribution in [2.45, 2.75) is 38.1 Å². The van der Waals surface area contributed by atoms with E-state index in [9.17, 15) is 13.2 Å². The number of nitrogens with zero attached hydrogens (tertiary/aromatic N) is 1. The van der Waals surface area contributed by atoms with E-state index in [-0.39, 0.29) is 16.8 Å². The fourth-order valence-corrected chi connectivity index (χ4v) is 5.74. The fourth-order valence-electron chi connectivity index (χ4n) is 3.21. The van der Waals surface area contributed by atoms with Gasteiger partial charge in [-0.25, -0.2) is 8.42 Å². The van der Waals surface area contributed by atoms with Crippen LogP contribution in [0.4, 0.5) is 11.4 Å². The first-order valence-electron chi connectivity index (χ1n) is 8.01. The highest BCUT2D eigenvalue weighted by Crippen LogP contribution is 2.38. The molecule has 3 rings (SSSR count). The summed E-state index contributed by atoms with van der Waals surface area (Å²) in [7, 11) is -3.89. The molecular weight excluding hydrogens is 440 g/mol. The Kier molecular flexibility index (Phi) is 5.07. The van der Waals surface area contributed by atoms with Crippen molar-refractivity contribution in [1.29, 1.82) is 0 Å². The van der Waals surface area contributed by atoms with Crippen LogP contribution in [-0.4, -0.2) is 20.4 Å². The predicted molar refractivity (Wildman–Crippen MR) is 107 cm³/mol. The molecule has 0 aliphatic carbocycles. The van der Waals surface area contributed by atoms with Gasteiger partial charge < -0.3 is 4.90 Å². The van der Waals surface area contributed by atoms with Crippen LogP contribution in [0.25, 0.3) is 0 Å². The van der Waals surface area contributed by atoms with Crippen LogP contribution in [0.3, 0.4) is 0 Å². The van der Waals surface area contributed by atoms with E-state index in [1.165, 1.54) is 13.0 Å². The van der Waals surface area contributed by atoms with Gasteiger partial charge in [-0.05, 0) is 71.6 Å². The summed E-state index contributed by atoms with van der Waals surface area (Å²) in [5.74, 6) is -0.114. The highest BCUT2D eigenvalue weighted by molar-refractivity contribution is 9.10. The number of rotatable bonds is 3. The number of anilines is 2. The number of carbonyl (C=O) groups is 1. The Morgan fingerprint density at radius 1 is 1.31 bits per heavy atom. The first-order valence-corrected chi connectivity index (χ1v) is 10.7. The molecule has 26 heavy (non-hydrogen) atoms. The average molecular weight is 458 g/mol. The van der Waals surface area contributed by atoms with Gasteiger partial charge in [0.25, 0.3) is 10.0 Å². The molecule has 138 valence electrons. The topological polar surface area (TPSA) is 66.5 Å². The van der Waals surface area contributed by atoms with Gasteiger partial charge in [0.05, 0.1) is 10.7 Å². The Hall–Kier alpha value is -1.57. The number of aryl methyl sites for hydroxylation is 1. The number of hydrogen-bond acceptors (Lipinski definition) is 3. The lowest BCUT2D eigenvalue weighted by molar-refractivity contribution is -0.116. The van der Waals surface area contributed by atoms with Crippen LogP contribution < -0.4 is 9.62 Å². The number of sulfonamides is 1. The van der Waals surface area contributed by atoms with Gasteiger partial charge in [-0.2, -0.15) is 0 Å². The monoisotopic (exact) mass is 456 g/mol. The van der Waals surface area contributed by atoms with Crippen molar-refractivity contribution in [2.75, 3.05) is 9.62 Å². The number of halogens is 2. The Morgan fingerprint density at radius 3 is 2.62 bits per heavy atom. The Morgan fingerprint density at radius 2 is 2.00 bits per heavy atom. The van der Waals surface area contributed by atoms with Gasteiger partial charge in [0.1, 0.15) is 4.90 Å². The second kappa shape index (κ2) is 6.87. The standard InChI is InChI=1S/C18H18BrClN2O3S/c1-10-4-5-16(15(20)6-10)21-26(24,25)18-9-17-13(8-14(18)19)7-11(2)22(17)12(3)23/h4-6,8-9,11,21H,7H2,1-3H3/t11-/m1/s1. The summed E-state index contributed by atoms with van der Waals surface area (Å²) in [6.45, 7) is 5.29. The van der Waals surface area contributed by atoms with Gasteiger partial charge >= 0.3 is 0 Å². The summed E-state index contributed by atoms with van der Waals surface area (Å²) in [5, 5.41) is 0.324. The Labute approximate surface area is 166 Å². The maximum absolute atomic E-state index is 12.9. The molecule has 2 aromatic rings. The normalized spacial score (nSPS) is 16.5. The lowest BCUT2D eigenvalue weighted by Crippen LogP contribution is -2.33. The minimum absolute atomic E-state index is 0.00754. The maximum atomic E-state index is 12.9. The lowest BCUT2D eigenvalue weighted by Gasteiger charge is -2.21. The van der Waals surface area contributed by atoms with Gasteiger partial charge in [-0.1, -0.05) is 17.7 Å². The fraction of sp³-hybridized carbons (Fsp3) is 0.278. The summed E-state index contributed by atoms with van der Waals surface area (Å²) in [6.07, 6.45) is 0.686. The van der Waals surface area contributed by atoms with Crippen LogP contribution >= 0.6 is 27.5 Å². The SMILES string of the molecule is CC(=O)N1c2cc(S(=O)(=O)Nc3ccc(C)cc3Cl)c(Br)cc2C[C@H]1C. The molecule has 1 heterocycles. The van der Waals surface area contributed by atoms with Gasteiger partial charge in [-0.3, -0.25) is 9.52 Å². The van der Waals surface area contributed by atoms with Crippen LogP contribution in [0.2, 0.25) is 5.02 Å². The Bertz CT molecular complexity index is 1010. The zero-order valence-electron chi connectivity index (χ0n) is 14.5. The van der Waals surface area contributed by atoms with Gasteiger partial charge in [0, 0.05) is 23.1 Å². The molecule has 1 aliphatic heterocycles. The molecule has 0 radical (unpaired) electrons. The van der Waals surface area contributed by atoms with Gasteiger partial charge in [-0.15, -0.1) is 0 Å². The molecule has 1 amide bonds. The van der Waals surface area contributed by atoms with E-state index >= 15 is 0 Å². The van der Waals surface area contributed by atoms with E-state index in [4.69, 9.17) is 11.6 Å². The molecule has 0 spiro atoms. The molecule has 1 aliphatic rings. The number of nitrogens with one attached hydrogen (secondary N) is 1. The second-order valence-corrected chi connectivity index (χ2v) is 9.35. The molecule has 1 N–H and O–H groups in total. The molecule has 0 saturated heterocycles. The van der Waals surface area contributed by atoms with E-state index in [1.807, 2.05) is 13.8 Å². The van der Waals surface area contributed by atoms with E-state index in [2.05, 4.69) is 20.7 Å². The molecule has 0 aromatic heterocycles. The van der Waals surface area contributed by atoms with E-state index in [1.54, 1.807) is 29.2 Å². The minimum atomic E-state index is -3.89. The zero-order valence-corrected chi connectivity index (χ0v) is 17.7. The van der Waals surface area contributed by atoms with Crippen molar-refractivity contribution in [3.8, 4) is 0 Å². The first kappa shape index (κ1) is 19.2. The third-order valence-corrected chi connectivity index (χ3v) is 6.98. The summed E-state index contributed by atoms with van der Waals surface area (Å²) < 4.78 is 28.8. The van der Waals surface area contributed by atoms with Crippen molar-refractivity contribution in [1.82, 2.24) is 0 Å². The Balaban J connectivity index is 2.05. The molecule has 0 saturated carbocycles. The van der Waals surface area contributed by atoms with Crippen LogP contribution in [0.15, 0.2) is 39.7 Å². The highest BCUT2D eigenvalue weighted by Gasteiger charge is 2.32. The van der Waals surface area contributed by atoms with Crippen molar-refractivity contribution < 1.29 is 13.2 Å². The second-order valence-electron chi connectivity index (χ2n) is 6.44. The van der Waals surface area contributed by atoms with Gasteiger partial charge in [0.2, 0.25) is 5.91 Å². The summed E-state index contributed by atoms with van der Waals surface area (Å²) in [6, 6.07) is 8.39. The number of carbonyl (C=O) groups excluding carboxylic acids is 1. The largest absolute Gasteiger partial charge is 0.309 e. The third-order valence-electron chi connectivity index (χ3n) is 4.35. The van der Waals surface area contributed by atoms with Crippen molar-refractivity contribution in [3.63, 3.8) is 0 Å². The van der Waals surface area contributed by atoms with Crippen LogP contribution in [0.1, 0.15) is 25.0 Å². The van der Waals surface area contributed by atoms with Crippen molar-refractivity contribution in [3.05, 3.63) is 51.0 Å². The molecule has 2 aromatic carbocycles. The molecule has 0 fully saturated rings. The van der Waals surface area contributed by atoms with E-state index in [0.717, 1.165) is 11.1 Å². The smallest absolute Gasteiger partial charge is 0.263 e. The zero-order chi connectivity index (χ0) is 19.2. The number of amides is 1. The van der Waals surface area contributed by atoms with Gasteiger partial charge in [0.15, 0.2) is 0 Å². The predicted octanol–water partition coefficient (Wildman–Crippen LogP) is 4.51. The molecule has 5 nitrogen and oxygen atoms in total. The third kappa shape index (κ3) is 3.48. The quantitative estimate of drug-likeness (QED) is 0.737. The molecule has 0 bridgehead atoms. The minimum Gasteiger partial charge on any atom is -0.309 e. The molecule has 1 atom stereocenters. The molecule has 8 heteroatoms. The van der Waals surface area contributed by atoms with Crippen molar-refractivity contribution >= 4 is 54.8 Å².